The maximum Gasteiger partial charge on any atom is 0.354 e. The maximum absolute atomic E-state index is 11.8. The van der Waals surface area contributed by atoms with Gasteiger partial charge in [-0.25, -0.2) is 15.0 Å². The lowest BCUT2D eigenvalue weighted by Gasteiger charge is -2.22. The van der Waals surface area contributed by atoms with Gasteiger partial charge in [0.05, 0.1) is 10.6 Å². The van der Waals surface area contributed by atoms with E-state index < -0.39 is 4.92 Å². The average Bonchev–Trinajstić information content (AvgIpc) is 2.94. The molecule has 3 aromatic rings. The molecule has 2 heterocycles. The molecule has 0 fully saturated rings. The summed E-state index contributed by atoms with van der Waals surface area (Å²) in [6.45, 7) is 6.29. The van der Waals surface area contributed by atoms with Gasteiger partial charge in [0.1, 0.15) is 6.33 Å². The maximum atomic E-state index is 11.8. The van der Waals surface area contributed by atoms with E-state index in [0.29, 0.717) is 11.7 Å². The minimum absolute atomic E-state index is 0.128. The molecule has 1 aromatic carbocycles. The Morgan fingerprint density at radius 2 is 1.96 bits per heavy atom. The Balaban J connectivity index is 2.07. The second kappa shape index (κ2) is 7.44. The van der Waals surface area contributed by atoms with Crippen molar-refractivity contribution in [1.29, 1.82) is 0 Å². The number of benzene rings is 1. The average molecular weight is 370 g/mol. The molecule has 0 aliphatic heterocycles. The Morgan fingerprint density at radius 3 is 2.54 bits per heavy atom. The largest absolute Gasteiger partial charge is 0.354 e. The number of anilines is 4. The third kappa shape index (κ3) is 3.47. The molecule has 134 valence electrons. The highest BCUT2D eigenvalue weighted by molar-refractivity contribution is 7.15. The summed E-state index contributed by atoms with van der Waals surface area (Å²) in [5, 5.41) is 15.3. The Morgan fingerprint density at radius 1 is 1.23 bits per heavy atom. The topological polar surface area (TPSA) is 97.1 Å². The summed E-state index contributed by atoms with van der Waals surface area (Å²) >= 11 is 1.43. The van der Waals surface area contributed by atoms with Gasteiger partial charge in [0.2, 0.25) is 11.6 Å². The highest BCUT2D eigenvalue weighted by atomic mass is 32.1. The van der Waals surface area contributed by atoms with Crippen molar-refractivity contribution in [3.63, 3.8) is 0 Å². The van der Waals surface area contributed by atoms with Gasteiger partial charge in [-0.05, 0) is 32.9 Å². The molecule has 0 bridgehead atoms. The summed E-state index contributed by atoms with van der Waals surface area (Å²) in [5.74, 6) is 0.370. The standard InChI is InChI=1S/C17H18N6O2S/c1-4-22(13-8-6-5-7-9-13)16-14(23(24)25)15(18-10-19-16)21-17-20-11(2)12(3)26-17/h5-10H,4H2,1-3H3,(H,18,19,20,21). The first kappa shape index (κ1) is 17.7. The fraction of sp³-hybridized carbons (Fsp3) is 0.235. The predicted molar refractivity (Wildman–Crippen MR) is 103 cm³/mol. The number of nitrogens with zero attached hydrogens (tertiary/aromatic N) is 5. The van der Waals surface area contributed by atoms with Gasteiger partial charge in [0.25, 0.3) is 0 Å². The van der Waals surface area contributed by atoms with E-state index >= 15 is 0 Å². The first-order valence-electron chi connectivity index (χ1n) is 8.04. The van der Waals surface area contributed by atoms with Crippen LogP contribution in [0.1, 0.15) is 17.5 Å². The zero-order valence-electron chi connectivity index (χ0n) is 14.6. The second-order valence-corrected chi connectivity index (χ2v) is 6.72. The van der Waals surface area contributed by atoms with Crippen LogP contribution < -0.4 is 10.2 Å². The van der Waals surface area contributed by atoms with Gasteiger partial charge in [-0.3, -0.25) is 10.1 Å². The molecule has 0 saturated heterocycles. The molecule has 3 rings (SSSR count). The molecule has 8 nitrogen and oxygen atoms in total. The number of para-hydroxylation sites is 1. The number of hydrogen-bond acceptors (Lipinski definition) is 8. The molecule has 0 aliphatic carbocycles. The van der Waals surface area contributed by atoms with Gasteiger partial charge in [-0.1, -0.05) is 18.2 Å². The SMILES string of the molecule is CCN(c1ccccc1)c1ncnc(Nc2nc(C)c(C)s2)c1[N+](=O)[O-]. The van der Waals surface area contributed by atoms with Crippen LogP contribution in [0.15, 0.2) is 36.7 Å². The molecule has 0 radical (unpaired) electrons. The first-order valence-corrected chi connectivity index (χ1v) is 8.86. The molecule has 0 unspecified atom stereocenters. The smallest absolute Gasteiger partial charge is 0.321 e. The van der Waals surface area contributed by atoms with Gasteiger partial charge in [-0.2, -0.15) is 0 Å². The monoisotopic (exact) mass is 370 g/mol. The van der Waals surface area contributed by atoms with Crippen molar-refractivity contribution >= 4 is 39.5 Å². The van der Waals surface area contributed by atoms with Crippen molar-refractivity contribution in [2.24, 2.45) is 0 Å². The predicted octanol–water partition coefficient (Wildman–Crippen LogP) is 4.36. The van der Waals surface area contributed by atoms with Crippen LogP contribution in [-0.4, -0.2) is 26.4 Å². The summed E-state index contributed by atoms with van der Waals surface area (Å²) in [7, 11) is 0. The van der Waals surface area contributed by atoms with Crippen molar-refractivity contribution in [2.75, 3.05) is 16.8 Å². The molecule has 0 saturated carbocycles. The van der Waals surface area contributed by atoms with Gasteiger partial charge in [-0.15, -0.1) is 11.3 Å². The van der Waals surface area contributed by atoms with Crippen molar-refractivity contribution in [3.8, 4) is 0 Å². The van der Waals surface area contributed by atoms with Crippen LogP contribution >= 0.6 is 11.3 Å². The van der Waals surface area contributed by atoms with Crippen molar-refractivity contribution < 1.29 is 4.92 Å². The number of aromatic nitrogens is 3. The third-order valence-electron chi connectivity index (χ3n) is 3.88. The summed E-state index contributed by atoms with van der Waals surface area (Å²) in [5.41, 5.74) is 1.53. The Kier molecular flexibility index (Phi) is 5.08. The normalized spacial score (nSPS) is 10.6. The zero-order chi connectivity index (χ0) is 18.7. The molecule has 26 heavy (non-hydrogen) atoms. The number of hydrogen-bond donors (Lipinski definition) is 1. The van der Waals surface area contributed by atoms with E-state index in [1.54, 1.807) is 4.90 Å². The molecule has 0 atom stereocenters. The molecule has 9 heteroatoms. The molecule has 1 N–H and O–H groups in total. The van der Waals surface area contributed by atoms with Crippen LogP contribution in [0.25, 0.3) is 0 Å². The van der Waals surface area contributed by atoms with E-state index in [4.69, 9.17) is 0 Å². The van der Waals surface area contributed by atoms with Gasteiger partial charge >= 0.3 is 5.69 Å². The van der Waals surface area contributed by atoms with E-state index in [1.807, 2.05) is 51.1 Å². The van der Waals surface area contributed by atoms with Gasteiger partial charge in [0.15, 0.2) is 5.13 Å². The first-order chi connectivity index (χ1) is 12.5. The van der Waals surface area contributed by atoms with E-state index in [0.717, 1.165) is 16.3 Å². The summed E-state index contributed by atoms with van der Waals surface area (Å²) < 4.78 is 0. The van der Waals surface area contributed by atoms with Crippen molar-refractivity contribution in [3.05, 3.63) is 57.3 Å². The van der Waals surface area contributed by atoms with Crippen molar-refractivity contribution in [2.45, 2.75) is 20.8 Å². The number of nitro groups is 1. The van der Waals surface area contributed by atoms with Crippen LogP contribution in [0, 0.1) is 24.0 Å². The highest BCUT2D eigenvalue weighted by Crippen LogP contribution is 2.37. The minimum Gasteiger partial charge on any atom is -0.321 e. The summed E-state index contributed by atoms with van der Waals surface area (Å²) in [6.07, 6.45) is 1.32. The zero-order valence-corrected chi connectivity index (χ0v) is 15.4. The van der Waals surface area contributed by atoms with E-state index in [-0.39, 0.29) is 17.3 Å². The summed E-state index contributed by atoms with van der Waals surface area (Å²) in [6, 6.07) is 9.43. The highest BCUT2D eigenvalue weighted by Gasteiger charge is 2.28. The fourth-order valence-corrected chi connectivity index (χ4v) is 3.33. The van der Waals surface area contributed by atoms with E-state index in [1.165, 1.54) is 17.7 Å². The number of nitrogens with one attached hydrogen (secondary N) is 1. The summed E-state index contributed by atoms with van der Waals surface area (Å²) in [4.78, 5) is 26.8. The Hall–Kier alpha value is -3.07. The number of aryl methyl sites for hydroxylation is 2. The van der Waals surface area contributed by atoms with Gasteiger partial charge in [0, 0.05) is 17.1 Å². The van der Waals surface area contributed by atoms with Gasteiger partial charge < -0.3 is 10.2 Å². The van der Waals surface area contributed by atoms with E-state index in [9.17, 15) is 10.1 Å². The quantitative estimate of drug-likeness (QED) is 0.508. The minimum atomic E-state index is -0.462. The number of thiazole rings is 1. The van der Waals surface area contributed by atoms with Crippen LogP contribution in [0.2, 0.25) is 0 Å². The molecule has 0 aliphatic rings. The molecular formula is C17H18N6O2S. The van der Waals surface area contributed by atoms with Crippen LogP contribution in [-0.2, 0) is 0 Å². The van der Waals surface area contributed by atoms with Crippen LogP contribution in [0.4, 0.5) is 28.1 Å². The fourth-order valence-electron chi connectivity index (χ4n) is 2.52. The second-order valence-electron chi connectivity index (χ2n) is 5.52. The Bertz CT molecular complexity index is 909. The molecular weight excluding hydrogens is 352 g/mol. The molecule has 2 aromatic heterocycles. The van der Waals surface area contributed by atoms with Crippen molar-refractivity contribution in [1.82, 2.24) is 15.0 Å². The van der Waals surface area contributed by atoms with Crippen LogP contribution in [0.3, 0.4) is 0 Å². The lowest BCUT2D eigenvalue weighted by atomic mass is 10.2. The molecule has 0 spiro atoms. The van der Waals surface area contributed by atoms with E-state index in [2.05, 4.69) is 20.3 Å². The third-order valence-corrected chi connectivity index (χ3v) is 4.87. The lowest BCUT2D eigenvalue weighted by molar-refractivity contribution is -0.383. The number of rotatable bonds is 6. The van der Waals surface area contributed by atoms with Crippen LogP contribution in [0.5, 0.6) is 0 Å². The Labute approximate surface area is 154 Å². The molecule has 0 amide bonds. The lowest BCUT2D eigenvalue weighted by Crippen LogP contribution is -2.19.